The number of carbonyl (C=O) groups excluding carboxylic acids is 1. The van der Waals surface area contributed by atoms with Gasteiger partial charge in [0, 0.05) is 18.1 Å². The lowest BCUT2D eigenvalue weighted by Crippen LogP contribution is -2.33. The van der Waals surface area contributed by atoms with Crippen molar-refractivity contribution >= 4 is 17.5 Å². The lowest BCUT2D eigenvalue weighted by atomic mass is 10.1. The van der Waals surface area contributed by atoms with E-state index in [1.807, 2.05) is 4.90 Å². The van der Waals surface area contributed by atoms with Crippen molar-refractivity contribution < 1.29 is 9.90 Å². The Morgan fingerprint density at radius 1 is 1.11 bits per heavy atom. The Labute approximate surface area is 112 Å². The Kier molecular flexibility index (Phi) is 4.48. The van der Waals surface area contributed by atoms with Crippen LogP contribution >= 0.6 is 11.6 Å². The van der Waals surface area contributed by atoms with Gasteiger partial charge < -0.3 is 10.0 Å². The van der Waals surface area contributed by atoms with Crippen LogP contribution in [0.25, 0.3) is 0 Å². The van der Waals surface area contributed by atoms with Crippen molar-refractivity contribution in [2.45, 2.75) is 32.1 Å². The number of carbonyl (C=O) groups is 1. The zero-order valence-electron chi connectivity index (χ0n) is 10.4. The van der Waals surface area contributed by atoms with E-state index in [1.54, 1.807) is 12.1 Å². The highest BCUT2D eigenvalue weighted by Crippen LogP contribution is 2.24. The van der Waals surface area contributed by atoms with Crippen LogP contribution in [0.15, 0.2) is 18.2 Å². The van der Waals surface area contributed by atoms with Crippen molar-refractivity contribution in [2.24, 2.45) is 0 Å². The van der Waals surface area contributed by atoms with Crippen LogP contribution in [0, 0.1) is 0 Å². The summed E-state index contributed by atoms with van der Waals surface area (Å²) in [7, 11) is 0. The molecule has 0 unspecified atom stereocenters. The number of phenols is 1. The summed E-state index contributed by atoms with van der Waals surface area (Å²) >= 11 is 5.77. The van der Waals surface area contributed by atoms with E-state index < -0.39 is 0 Å². The lowest BCUT2D eigenvalue weighted by molar-refractivity contribution is 0.0739. The van der Waals surface area contributed by atoms with Crippen LogP contribution in [0.1, 0.15) is 42.5 Å². The SMILES string of the molecule is O=C(c1ccc(Cl)cc1O)N1CCCCCCC1. The molecule has 0 atom stereocenters. The Hall–Kier alpha value is -1.22. The van der Waals surface area contributed by atoms with Crippen molar-refractivity contribution in [2.75, 3.05) is 13.1 Å². The second-order valence-corrected chi connectivity index (χ2v) is 5.16. The summed E-state index contributed by atoms with van der Waals surface area (Å²) < 4.78 is 0. The van der Waals surface area contributed by atoms with Gasteiger partial charge in [-0.2, -0.15) is 0 Å². The van der Waals surface area contributed by atoms with Gasteiger partial charge in [-0.25, -0.2) is 0 Å². The molecule has 0 radical (unpaired) electrons. The fraction of sp³-hybridized carbons (Fsp3) is 0.500. The van der Waals surface area contributed by atoms with Crippen molar-refractivity contribution in [3.63, 3.8) is 0 Å². The van der Waals surface area contributed by atoms with Gasteiger partial charge in [0.1, 0.15) is 5.75 Å². The third-order valence-electron chi connectivity index (χ3n) is 3.33. The predicted molar refractivity (Wildman–Crippen MR) is 72.1 cm³/mol. The molecule has 1 fully saturated rings. The van der Waals surface area contributed by atoms with Crippen molar-refractivity contribution in [3.8, 4) is 5.75 Å². The topological polar surface area (TPSA) is 40.5 Å². The van der Waals surface area contributed by atoms with E-state index in [-0.39, 0.29) is 11.7 Å². The zero-order valence-corrected chi connectivity index (χ0v) is 11.1. The second kappa shape index (κ2) is 6.10. The van der Waals surface area contributed by atoms with E-state index in [9.17, 15) is 9.90 Å². The molecule has 4 heteroatoms. The van der Waals surface area contributed by atoms with Crippen molar-refractivity contribution in [1.29, 1.82) is 0 Å². The van der Waals surface area contributed by atoms with Gasteiger partial charge in [-0.1, -0.05) is 30.9 Å². The molecule has 0 spiro atoms. The molecule has 0 bridgehead atoms. The molecule has 1 heterocycles. The molecule has 1 saturated heterocycles. The lowest BCUT2D eigenvalue weighted by Gasteiger charge is -2.25. The minimum atomic E-state index is -0.0916. The van der Waals surface area contributed by atoms with Crippen LogP contribution in [0.3, 0.4) is 0 Å². The fourth-order valence-corrected chi connectivity index (χ4v) is 2.47. The average Bonchev–Trinajstić information content (AvgIpc) is 2.27. The van der Waals surface area contributed by atoms with Gasteiger partial charge in [-0.05, 0) is 31.0 Å². The van der Waals surface area contributed by atoms with Crippen LogP contribution in [-0.4, -0.2) is 29.0 Å². The fourth-order valence-electron chi connectivity index (χ4n) is 2.31. The van der Waals surface area contributed by atoms with Crippen molar-refractivity contribution in [1.82, 2.24) is 4.90 Å². The smallest absolute Gasteiger partial charge is 0.257 e. The molecule has 1 aromatic rings. The summed E-state index contributed by atoms with van der Waals surface area (Å²) in [5, 5.41) is 10.2. The number of rotatable bonds is 1. The van der Waals surface area contributed by atoms with E-state index in [0.29, 0.717) is 10.6 Å². The summed E-state index contributed by atoms with van der Waals surface area (Å²) in [5.74, 6) is -0.124. The maximum atomic E-state index is 12.3. The summed E-state index contributed by atoms with van der Waals surface area (Å²) in [6.07, 6.45) is 5.70. The Bertz CT molecular complexity index is 426. The zero-order chi connectivity index (χ0) is 13.0. The van der Waals surface area contributed by atoms with Crippen LogP contribution in [0.5, 0.6) is 5.75 Å². The average molecular weight is 268 g/mol. The minimum absolute atomic E-state index is 0.0328. The van der Waals surface area contributed by atoms with E-state index in [2.05, 4.69) is 0 Å². The molecule has 3 nitrogen and oxygen atoms in total. The van der Waals surface area contributed by atoms with Crippen LogP contribution < -0.4 is 0 Å². The maximum Gasteiger partial charge on any atom is 0.257 e. The number of halogens is 1. The van der Waals surface area contributed by atoms with Crippen molar-refractivity contribution in [3.05, 3.63) is 28.8 Å². The van der Waals surface area contributed by atoms with Gasteiger partial charge in [0.05, 0.1) is 5.56 Å². The molecule has 2 rings (SSSR count). The first-order valence-corrected chi connectivity index (χ1v) is 6.84. The summed E-state index contributed by atoms with van der Waals surface area (Å²) in [6.45, 7) is 1.56. The second-order valence-electron chi connectivity index (χ2n) is 4.72. The summed E-state index contributed by atoms with van der Waals surface area (Å²) in [6, 6.07) is 4.65. The van der Waals surface area contributed by atoms with Gasteiger partial charge >= 0.3 is 0 Å². The third kappa shape index (κ3) is 3.16. The van der Waals surface area contributed by atoms with Gasteiger partial charge in [0.15, 0.2) is 0 Å². The number of benzene rings is 1. The number of amides is 1. The van der Waals surface area contributed by atoms with E-state index in [4.69, 9.17) is 11.6 Å². The first-order chi connectivity index (χ1) is 8.68. The van der Waals surface area contributed by atoms with Crippen LogP contribution in [0.2, 0.25) is 5.02 Å². The number of nitrogens with zero attached hydrogens (tertiary/aromatic N) is 1. The first-order valence-electron chi connectivity index (χ1n) is 6.46. The van der Waals surface area contributed by atoms with Gasteiger partial charge in [0.25, 0.3) is 5.91 Å². The van der Waals surface area contributed by atoms with Crippen LogP contribution in [-0.2, 0) is 0 Å². The molecule has 1 aliphatic heterocycles. The highest BCUT2D eigenvalue weighted by molar-refractivity contribution is 6.30. The molecule has 0 aliphatic carbocycles. The van der Waals surface area contributed by atoms with Crippen LogP contribution in [0.4, 0.5) is 0 Å². The number of hydrogen-bond acceptors (Lipinski definition) is 2. The molecule has 1 amide bonds. The molecule has 1 aliphatic rings. The maximum absolute atomic E-state index is 12.3. The molecule has 0 saturated carbocycles. The number of phenolic OH excluding ortho intramolecular Hbond substituents is 1. The normalized spacial score (nSPS) is 17.1. The quantitative estimate of drug-likeness (QED) is 0.847. The van der Waals surface area contributed by atoms with Gasteiger partial charge in [0.2, 0.25) is 0 Å². The summed E-state index contributed by atoms with van der Waals surface area (Å²) in [4.78, 5) is 14.2. The molecule has 0 aromatic heterocycles. The minimum Gasteiger partial charge on any atom is -0.507 e. The Morgan fingerprint density at radius 3 is 2.33 bits per heavy atom. The van der Waals surface area contributed by atoms with Gasteiger partial charge in [-0.3, -0.25) is 4.79 Å². The van der Waals surface area contributed by atoms with E-state index in [0.717, 1.165) is 25.9 Å². The highest BCUT2D eigenvalue weighted by Gasteiger charge is 2.19. The Balaban J connectivity index is 2.13. The van der Waals surface area contributed by atoms with Gasteiger partial charge in [-0.15, -0.1) is 0 Å². The highest BCUT2D eigenvalue weighted by atomic mass is 35.5. The molecule has 18 heavy (non-hydrogen) atoms. The molecule has 98 valence electrons. The van der Waals surface area contributed by atoms with E-state index in [1.165, 1.54) is 25.3 Å². The largest absolute Gasteiger partial charge is 0.507 e. The monoisotopic (exact) mass is 267 g/mol. The molecule has 1 aromatic carbocycles. The Morgan fingerprint density at radius 2 is 1.72 bits per heavy atom. The molecular formula is C14H18ClNO2. The summed E-state index contributed by atoms with van der Waals surface area (Å²) in [5.41, 5.74) is 0.347. The molecular weight excluding hydrogens is 250 g/mol. The van der Waals surface area contributed by atoms with E-state index >= 15 is 0 Å². The standard InChI is InChI=1S/C14H18ClNO2/c15-11-6-7-12(13(17)10-11)14(18)16-8-4-2-1-3-5-9-16/h6-7,10,17H,1-5,8-9H2. The molecule has 1 N–H and O–H groups in total. The third-order valence-corrected chi connectivity index (χ3v) is 3.57. The number of likely N-dealkylation sites (tertiary alicyclic amines) is 1. The first kappa shape index (κ1) is 13.2. The predicted octanol–water partition coefficient (Wildman–Crippen LogP) is 3.45. The number of aromatic hydroxyl groups is 1. The number of hydrogen-bond donors (Lipinski definition) is 1.